The van der Waals surface area contributed by atoms with Gasteiger partial charge in [-0.05, 0) is 19.1 Å². The minimum Gasteiger partial charge on any atom is -0.478 e. The van der Waals surface area contributed by atoms with Crippen molar-refractivity contribution < 1.29 is 18.8 Å². The van der Waals surface area contributed by atoms with Crippen LogP contribution in [0.1, 0.15) is 21.8 Å². The van der Waals surface area contributed by atoms with Gasteiger partial charge in [0, 0.05) is 11.8 Å². The number of carboxylic acid groups (broad SMARTS) is 1. The Balaban J connectivity index is 2.20. The fourth-order valence-electron chi connectivity index (χ4n) is 1.59. The molecule has 0 saturated carbocycles. The molecule has 6 nitrogen and oxygen atoms in total. The lowest BCUT2D eigenvalue weighted by Crippen LogP contribution is -2.07. The zero-order valence-electron chi connectivity index (χ0n) is 10.1. The van der Waals surface area contributed by atoms with Crippen molar-refractivity contribution in [3.8, 4) is 0 Å². The molecule has 7 heteroatoms. The van der Waals surface area contributed by atoms with Gasteiger partial charge in [0.05, 0.1) is 23.5 Å². The predicted octanol–water partition coefficient (Wildman–Crippen LogP) is 2.01. The van der Waals surface area contributed by atoms with E-state index in [1.807, 2.05) is 0 Å². The van der Waals surface area contributed by atoms with E-state index in [9.17, 15) is 9.18 Å². The summed E-state index contributed by atoms with van der Waals surface area (Å²) >= 11 is 0. The fraction of sp³-hybridized carbons (Fsp3) is 0.167. The van der Waals surface area contributed by atoms with Crippen LogP contribution in [0, 0.1) is 12.7 Å². The van der Waals surface area contributed by atoms with Gasteiger partial charge in [0.15, 0.2) is 5.76 Å². The number of nitrogens with two attached hydrogens (primary N) is 1. The number of carboxylic acids is 1. The van der Waals surface area contributed by atoms with Crippen molar-refractivity contribution >= 4 is 17.3 Å². The number of hydrogen-bond donors (Lipinski definition) is 3. The second kappa shape index (κ2) is 4.97. The number of anilines is 2. The molecule has 19 heavy (non-hydrogen) atoms. The van der Waals surface area contributed by atoms with Crippen molar-refractivity contribution in [1.29, 1.82) is 0 Å². The van der Waals surface area contributed by atoms with Crippen LogP contribution in [0.25, 0.3) is 0 Å². The molecule has 1 aromatic heterocycles. The summed E-state index contributed by atoms with van der Waals surface area (Å²) < 4.78 is 18.6. The minimum absolute atomic E-state index is 0.0423. The van der Waals surface area contributed by atoms with Crippen molar-refractivity contribution in [1.82, 2.24) is 5.16 Å². The number of halogens is 1. The zero-order valence-corrected chi connectivity index (χ0v) is 10.1. The van der Waals surface area contributed by atoms with Crippen molar-refractivity contribution in [2.24, 2.45) is 0 Å². The number of benzene rings is 1. The molecule has 0 spiro atoms. The number of aryl methyl sites for hydroxylation is 1. The SMILES string of the molecule is Cc1cc(CNc2cc(C(=O)O)c(N)cc2F)on1. The zero-order chi connectivity index (χ0) is 14.0. The van der Waals surface area contributed by atoms with E-state index in [1.54, 1.807) is 13.0 Å². The summed E-state index contributed by atoms with van der Waals surface area (Å²) in [5.74, 6) is -1.32. The van der Waals surface area contributed by atoms with Gasteiger partial charge in [0.2, 0.25) is 0 Å². The lowest BCUT2D eigenvalue weighted by Gasteiger charge is -2.08. The highest BCUT2D eigenvalue weighted by atomic mass is 19.1. The smallest absolute Gasteiger partial charge is 0.337 e. The molecule has 1 aromatic carbocycles. The normalized spacial score (nSPS) is 10.4. The highest BCUT2D eigenvalue weighted by Crippen LogP contribution is 2.22. The summed E-state index contributed by atoms with van der Waals surface area (Å²) in [7, 11) is 0. The molecule has 0 radical (unpaired) electrons. The number of nitrogen functional groups attached to an aromatic ring is 1. The third-order valence-electron chi connectivity index (χ3n) is 2.50. The van der Waals surface area contributed by atoms with Crippen LogP contribution in [-0.4, -0.2) is 16.2 Å². The minimum atomic E-state index is -1.21. The maximum atomic E-state index is 13.6. The first-order valence-electron chi connectivity index (χ1n) is 5.45. The molecule has 0 amide bonds. The largest absolute Gasteiger partial charge is 0.478 e. The number of aromatic carboxylic acids is 1. The van der Waals surface area contributed by atoms with E-state index < -0.39 is 11.8 Å². The van der Waals surface area contributed by atoms with E-state index in [0.29, 0.717) is 11.5 Å². The Kier molecular flexibility index (Phi) is 3.37. The van der Waals surface area contributed by atoms with Crippen LogP contribution < -0.4 is 11.1 Å². The molecule has 0 aliphatic carbocycles. The van der Waals surface area contributed by atoms with Gasteiger partial charge in [0.1, 0.15) is 5.82 Å². The van der Waals surface area contributed by atoms with E-state index in [-0.39, 0.29) is 23.5 Å². The summed E-state index contributed by atoms with van der Waals surface area (Å²) in [6, 6.07) is 3.81. The highest BCUT2D eigenvalue weighted by Gasteiger charge is 2.13. The Hall–Kier alpha value is -2.57. The number of nitrogens with zero attached hydrogens (tertiary/aromatic N) is 1. The van der Waals surface area contributed by atoms with Gasteiger partial charge >= 0.3 is 5.97 Å². The average molecular weight is 265 g/mol. The van der Waals surface area contributed by atoms with E-state index >= 15 is 0 Å². The van der Waals surface area contributed by atoms with Gasteiger partial charge in [-0.15, -0.1) is 0 Å². The molecule has 1 heterocycles. The van der Waals surface area contributed by atoms with Crippen LogP contribution in [-0.2, 0) is 6.54 Å². The van der Waals surface area contributed by atoms with Crippen molar-refractivity contribution in [3.63, 3.8) is 0 Å². The molecular weight excluding hydrogens is 253 g/mol. The molecule has 0 aliphatic heterocycles. The lowest BCUT2D eigenvalue weighted by atomic mass is 10.1. The summed E-state index contributed by atoms with van der Waals surface area (Å²) in [4.78, 5) is 10.9. The molecule has 2 rings (SSSR count). The van der Waals surface area contributed by atoms with Crippen LogP contribution in [0.5, 0.6) is 0 Å². The van der Waals surface area contributed by atoms with Crippen molar-refractivity contribution in [2.75, 3.05) is 11.1 Å². The molecule has 0 atom stereocenters. The van der Waals surface area contributed by atoms with Gasteiger partial charge in [-0.1, -0.05) is 5.16 Å². The molecule has 2 aromatic rings. The Morgan fingerprint density at radius 3 is 2.84 bits per heavy atom. The first kappa shape index (κ1) is 12.9. The molecule has 0 fully saturated rings. The van der Waals surface area contributed by atoms with Crippen LogP contribution in [0.4, 0.5) is 15.8 Å². The molecule has 4 N–H and O–H groups in total. The number of aromatic nitrogens is 1. The summed E-state index contributed by atoms with van der Waals surface area (Å²) in [5, 5.41) is 15.3. The van der Waals surface area contributed by atoms with E-state index in [2.05, 4.69) is 10.5 Å². The first-order chi connectivity index (χ1) is 8.97. The number of rotatable bonds is 4. The molecule has 100 valence electrons. The molecule has 0 saturated heterocycles. The topological polar surface area (TPSA) is 101 Å². The van der Waals surface area contributed by atoms with Crippen LogP contribution in [0.2, 0.25) is 0 Å². The van der Waals surface area contributed by atoms with E-state index in [4.69, 9.17) is 15.4 Å². The summed E-state index contributed by atoms with van der Waals surface area (Å²) in [6.45, 7) is 1.96. The van der Waals surface area contributed by atoms with Crippen LogP contribution in [0.15, 0.2) is 22.7 Å². The maximum absolute atomic E-state index is 13.6. The van der Waals surface area contributed by atoms with E-state index in [0.717, 1.165) is 12.1 Å². The Morgan fingerprint density at radius 2 is 2.26 bits per heavy atom. The third kappa shape index (κ3) is 2.82. The Labute approximate surface area is 108 Å². The average Bonchev–Trinajstić information content (AvgIpc) is 2.73. The standard InChI is InChI=1S/C12H12FN3O3/c1-6-2-7(19-16-6)5-15-11-3-8(12(17)18)10(14)4-9(11)13/h2-4,15H,5,14H2,1H3,(H,17,18). The van der Waals surface area contributed by atoms with Gasteiger partial charge < -0.3 is 20.7 Å². The second-order valence-corrected chi connectivity index (χ2v) is 4.01. The quantitative estimate of drug-likeness (QED) is 0.731. The highest BCUT2D eigenvalue weighted by molar-refractivity contribution is 5.94. The Bertz CT molecular complexity index is 625. The number of nitrogens with one attached hydrogen (secondary N) is 1. The molecule has 0 bridgehead atoms. The predicted molar refractivity (Wildman–Crippen MR) is 66.3 cm³/mol. The van der Waals surface area contributed by atoms with Gasteiger partial charge in [-0.3, -0.25) is 0 Å². The summed E-state index contributed by atoms with van der Waals surface area (Å²) in [6.07, 6.45) is 0. The van der Waals surface area contributed by atoms with Crippen molar-refractivity contribution in [3.05, 3.63) is 41.0 Å². The monoisotopic (exact) mass is 265 g/mol. The second-order valence-electron chi connectivity index (χ2n) is 4.01. The van der Waals surface area contributed by atoms with Gasteiger partial charge in [-0.25, -0.2) is 9.18 Å². The lowest BCUT2D eigenvalue weighted by molar-refractivity contribution is 0.0698. The third-order valence-corrected chi connectivity index (χ3v) is 2.50. The van der Waals surface area contributed by atoms with Crippen LogP contribution in [0.3, 0.4) is 0 Å². The fourth-order valence-corrected chi connectivity index (χ4v) is 1.59. The molecule has 0 unspecified atom stereocenters. The van der Waals surface area contributed by atoms with E-state index in [1.165, 1.54) is 0 Å². The Morgan fingerprint density at radius 1 is 1.53 bits per heavy atom. The van der Waals surface area contributed by atoms with Gasteiger partial charge in [-0.2, -0.15) is 0 Å². The first-order valence-corrected chi connectivity index (χ1v) is 5.45. The molecular formula is C12H12FN3O3. The summed E-state index contributed by atoms with van der Waals surface area (Å²) in [5.41, 5.74) is 5.90. The maximum Gasteiger partial charge on any atom is 0.337 e. The van der Waals surface area contributed by atoms with Gasteiger partial charge in [0.25, 0.3) is 0 Å². The number of hydrogen-bond acceptors (Lipinski definition) is 5. The van der Waals surface area contributed by atoms with Crippen molar-refractivity contribution in [2.45, 2.75) is 13.5 Å². The number of carbonyl (C=O) groups is 1. The molecule has 0 aliphatic rings. The van der Waals surface area contributed by atoms with Crippen LogP contribution >= 0.6 is 0 Å².